The van der Waals surface area contributed by atoms with E-state index in [0.717, 1.165) is 0 Å². The van der Waals surface area contributed by atoms with Crippen LogP contribution in [0.3, 0.4) is 0 Å². The molecular formula is C13H10F3N3O3S. The van der Waals surface area contributed by atoms with Crippen molar-refractivity contribution < 1.29 is 26.7 Å². The maximum absolute atomic E-state index is 13.4. The van der Waals surface area contributed by atoms with Crippen molar-refractivity contribution in [2.75, 3.05) is 15.4 Å². The SMILES string of the molecule is O=C(Nc1ccc(NS(=O)O)cc1)Nc1cc(F)c(F)cc1F. The summed E-state index contributed by atoms with van der Waals surface area (Å²) in [6.45, 7) is 0. The van der Waals surface area contributed by atoms with E-state index in [1.165, 1.54) is 24.3 Å². The lowest BCUT2D eigenvalue weighted by atomic mass is 10.3. The number of rotatable bonds is 4. The molecule has 0 saturated carbocycles. The van der Waals surface area contributed by atoms with Crippen LogP contribution < -0.4 is 15.4 Å². The molecule has 0 radical (unpaired) electrons. The van der Waals surface area contributed by atoms with Gasteiger partial charge in [-0.3, -0.25) is 9.27 Å². The summed E-state index contributed by atoms with van der Waals surface area (Å²) in [6, 6.07) is 5.63. The molecule has 2 amide bonds. The van der Waals surface area contributed by atoms with Crippen molar-refractivity contribution in [2.45, 2.75) is 0 Å². The van der Waals surface area contributed by atoms with Crippen LogP contribution in [-0.4, -0.2) is 14.8 Å². The molecule has 0 fully saturated rings. The van der Waals surface area contributed by atoms with Crippen molar-refractivity contribution in [1.29, 1.82) is 0 Å². The first-order valence-corrected chi connectivity index (χ1v) is 7.16. The van der Waals surface area contributed by atoms with Crippen LogP contribution in [0.5, 0.6) is 0 Å². The normalized spacial score (nSPS) is 11.7. The quantitative estimate of drug-likeness (QED) is 0.506. The highest BCUT2D eigenvalue weighted by atomic mass is 32.2. The number of hydrogen-bond donors (Lipinski definition) is 4. The molecule has 0 heterocycles. The molecule has 10 heteroatoms. The van der Waals surface area contributed by atoms with E-state index in [4.69, 9.17) is 4.55 Å². The number of benzene rings is 2. The summed E-state index contributed by atoms with van der Waals surface area (Å²) in [6.07, 6.45) is 0. The van der Waals surface area contributed by atoms with Gasteiger partial charge in [0.1, 0.15) is 5.82 Å². The smallest absolute Gasteiger partial charge is 0.308 e. The number of hydrogen-bond acceptors (Lipinski definition) is 2. The van der Waals surface area contributed by atoms with Crippen LogP contribution in [0.25, 0.3) is 0 Å². The lowest BCUT2D eigenvalue weighted by Crippen LogP contribution is -2.20. The lowest BCUT2D eigenvalue weighted by Gasteiger charge is -2.09. The van der Waals surface area contributed by atoms with Gasteiger partial charge in [-0.05, 0) is 24.3 Å². The maximum Gasteiger partial charge on any atom is 0.323 e. The van der Waals surface area contributed by atoms with Crippen LogP contribution in [-0.2, 0) is 11.3 Å². The Bertz CT molecular complexity index is 756. The van der Waals surface area contributed by atoms with Gasteiger partial charge < -0.3 is 10.6 Å². The van der Waals surface area contributed by atoms with Crippen LogP contribution in [0.15, 0.2) is 36.4 Å². The molecule has 2 aromatic rings. The summed E-state index contributed by atoms with van der Waals surface area (Å²) in [5.41, 5.74) is 0.110. The van der Waals surface area contributed by atoms with Gasteiger partial charge in [-0.25, -0.2) is 22.2 Å². The summed E-state index contributed by atoms with van der Waals surface area (Å²) >= 11 is -2.22. The van der Waals surface area contributed by atoms with E-state index in [1.54, 1.807) is 0 Å². The third-order valence-electron chi connectivity index (χ3n) is 2.61. The van der Waals surface area contributed by atoms with Crippen molar-refractivity contribution in [3.63, 3.8) is 0 Å². The second kappa shape index (κ2) is 7.11. The Kier molecular flexibility index (Phi) is 5.19. The molecule has 0 aliphatic carbocycles. The first kappa shape index (κ1) is 16.8. The summed E-state index contributed by atoms with van der Waals surface area (Å²) in [7, 11) is 0. The van der Waals surface area contributed by atoms with Gasteiger partial charge in [-0.2, -0.15) is 0 Å². The third-order valence-corrected chi connectivity index (χ3v) is 3.02. The van der Waals surface area contributed by atoms with Gasteiger partial charge in [0, 0.05) is 23.5 Å². The van der Waals surface area contributed by atoms with E-state index in [-0.39, 0.29) is 0 Å². The van der Waals surface area contributed by atoms with Crippen LogP contribution in [0.4, 0.5) is 35.0 Å². The molecule has 4 N–H and O–H groups in total. The summed E-state index contributed by atoms with van der Waals surface area (Å²) in [4.78, 5) is 11.7. The Labute approximate surface area is 131 Å². The van der Waals surface area contributed by atoms with Gasteiger partial charge in [0.15, 0.2) is 11.6 Å². The van der Waals surface area contributed by atoms with E-state index in [0.29, 0.717) is 23.5 Å². The van der Waals surface area contributed by atoms with Crippen LogP contribution >= 0.6 is 0 Å². The topological polar surface area (TPSA) is 90.5 Å². The first-order chi connectivity index (χ1) is 10.8. The molecule has 1 atom stereocenters. The number of halogens is 3. The summed E-state index contributed by atoms with van der Waals surface area (Å²) in [5.74, 6) is -3.78. The standard InChI is InChI=1S/C13H10F3N3O3S/c14-9-5-11(16)12(6-10(9)15)18-13(20)17-7-1-3-8(4-2-7)19-23(21)22/h1-6,19H,(H,21,22)(H2,17,18,20). The number of carbonyl (C=O) groups is 1. The van der Waals surface area contributed by atoms with Crippen molar-refractivity contribution in [3.8, 4) is 0 Å². The fourth-order valence-electron chi connectivity index (χ4n) is 1.63. The Morgan fingerprint density at radius 2 is 1.48 bits per heavy atom. The highest BCUT2D eigenvalue weighted by molar-refractivity contribution is 7.80. The van der Waals surface area contributed by atoms with Crippen LogP contribution in [0.2, 0.25) is 0 Å². The van der Waals surface area contributed by atoms with Gasteiger partial charge in [-0.15, -0.1) is 0 Å². The number of carbonyl (C=O) groups excluding carboxylic acids is 1. The maximum atomic E-state index is 13.4. The largest absolute Gasteiger partial charge is 0.323 e. The fraction of sp³-hybridized carbons (Fsp3) is 0. The zero-order valence-electron chi connectivity index (χ0n) is 11.3. The molecule has 0 bridgehead atoms. The predicted molar refractivity (Wildman–Crippen MR) is 79.8 cm³/mol. The first-order valence-electron chi connectivity index (χ1n) is 6.05. The number of urea groups is 1. The molecular weight excluding hydrogens is 335 g/mol. The Balaban J connectivity index is 2.02. The van der Waals surface area contributed by atoms with E-state index in [2.05, 4.69) is 10.0 Å². The second-order valence-corrected chi connectivity index (χ2v) is 4.96. The van der Waals surface area contributed by atoms with Crippen molar-refractivity contribution >= 4 is 34.4 Å². The molecule has 0 spiro atoms. The minimum atomic E-state index is -2.22. The van der Waals surface area contributed by atoms with E-state index < -0.39 is 40.4 Å². The van der Waals surface area contributed by atoms with Crippen LogP contribution in [0.1, 0.15) is 0 Å². The Morgan fingerprint density at radius 1 is 0.913 bits per heavy atom. The molecule has 0 aromatic heterocycles. The van der Waals surface area contributed by atoms with E-state index in [1.807, 2.05) is 5.32 Å². The minimum Gasteiger partial charge on any atom is -0.308 e. The van der Waals surface area contributed by atoms with E-state index >= 15 is 0 Å². The second-order valence-electron chi connectivity index (χ2n) is 4.25. The molecule has 2 aromatic carbocycles. The van der Waals surface area contributed by atoms with Crippen molar-refractivity contribution in [2.24, 2.45) is 0 Å². The highest BCUT2D eigenvalue weighted by Gasteiger charge is 2.12. The van der Waals surface area contributed by atoms with Crippen LogP contribution in [0, 0.1) is 17.5 Å². The fourth-order valence-corrected chi connectivity index (χ4v) is 1.96. The number of nitrogens with one attached hydrogen (secondary N) is 3. The molecule has 0 aliphatic rings. The average molecular weight is 345 g/mol. The van der Waals surface area contributed by atoms with E-state index in [9.17, 15) is 22.2 Å². The average Bonchev–Trinajstić information content (AvgIpc) is 2.46. The molecule has 23 heavy (non-hydrogen) atoms. The molecule has 1 unspecified atom stereocenters. The van der Waals surface area contributed by atoms with Crippen molar-refractivity contribution in [1.82, 2.24) is 0 Å². The van der Waals surface area contributed by atoms with Gasteiger partial charge in [0.2, 0.25) is 0 Å². The predicted octanol–water partition coefficient (Wildman–Crippen LogP) is 3.30. The molecule has 0 aliphatic heterocycles. The van der Waals surface area contributed by atoms with Gasteiger partial charge in [0.25, 0.3) is 11.3 Å². The molecule has 2 rings (SSSR count). The summed E-state index contributed by atoms with van der Waals surface area (Å²) in [5, 5.41) is 4.37. The molecule has 6 nitrogen and oxygen atoms in total. The zero-order valence-corrected chi connectivity index (χ0v) is 12.1. The van der Waals surface area contributed by atoms with Gasteiger partial charge in [0.05, 0.1) is 5.69 Å². The lowest BCUT2D eigenvalue weighted by molar-refractivity contribution is 0.262. The zero-order chi connectivity index (χ0) is 17.0. The van der Waals surface area contributed by atoms with Gasteiger partial charge >= 0.3 is 6.03 Å². The van der Waals surface area contributed by atoms with Gasteiger partial charge in [-0.1, -0.05) is 0 Å². The minimum absolute atomic E-state index is 0.291. The monoisotopic (exact) mass is 345 g/mol. The molecule has 122 valence electrons. The molecule has 0 saturated heterocycles. The Hall–Kier alpha value is -2.59. The Morgan fingerprint density at radius 3 is 2.09 bits per heavy atom. The number of anilines is 3. The summed E-state index contributed by atoms with van der Waals surface area (Å²) < 4.78 is 60.6. The third kappa shape index (κ3) is 4.69. The highest BCUT2D eigenvalue weighted by Crippen LogP contribution is 2.19. The number of amides is 2. The van der Waals surface area contributed by atoms with Crippen molar-refractivity contribution in [3.05, 3.63) is 53.8 Å².